The van der Waals surface area contributed by atoms with Gasteiger partial charge in [-0.05, 0) is 37.1 Å². The van der Waals surface area contributed by atoms with Crippen LogP contribution in [0.2, 0.25) is 0 Å². The normalized spacial score (nSPS) is 16.0. The topological polar surface area (TPSA) is 15.3 Å². The second kappa shape index (κ2) is 6.12. The summed E-state index contributed by atoms with van der Waals surface area (Å²) in [7, 11) is 0. The largest absolute Gasteiger partial charge is 0.382 e. The van der Waals surface area contributed by atoms with Crippen molar-refractivity contribution in [3.63, 3.8) is 0 Å². The first-order valence-corrected chi connectivity index (χ1v) is 7.23. The van der Waals surface area contributed by atoms with E-state index >= 15 is 0 Å². The van der Waals surface area contributed by atoms with E-state index in [2.05, 4.69) is 22.3 Å². The molecule has 2 aromatic rings. The lowest BCUT2D eigenvalue weighted by Gasteiger charge is -2.34. The van der Waals surface area contributed by atoms with Crippen LogP contribution in [0.5, 0.6) is 0 Å². The highest BCUT2D eigenvalue weighted by Crippen LogP contribution is 2.22. The molecule has 0 aliphatic carbocycles. The number of anilines is 2. The molecular formula is C17H18F2N2. The average Bonchev–Trinajstić information content (AvgIpc) is 2.48. The van der Waals surface area contributed by atoms with E-state index in [0.29, 0.717) is 5.69 Å². The van der Waals surface area contributed by atoms with E-state index in [1.165, 1.54) is 17.8 Å². The second-order valence-corrected chi connectivity index (χ2v) is 5.40. The summed E-state index contributed by atoms with van der Waals surface area (Å²) in [5, 5.41) is 3.23. The summed E-state index contributed by atoms with van der Waals surface area (Å²) in [6.45, 7) is 1.89. The van der Waals surface area contributed by atoms with Gasteiger partial charge >= 0.3 is 0 Å². The van der Waals surface area contributed by atoms with E-state index in [1.54, 1.807) is 0 Å². The number of para-hydroxylation sites is 1. The lowest BCUT2D eigenvalue weighted by atomic mass is 10.0. The summed E-state index contributed by atoms with van der Waals surface area (Å²) in [6.07, 6.45) is 1.90. The van der Waals surface area contributed by atoms with Crippen molar-refractivity contribution < 1.29 is 8.78 Å². The smallest absolute Gasteiger partial charge is 0.128 e. The fourth-order valence-corrected chi connectivity index (χ4v) is 2.79. The predicted octanol–water partition coefficient (Wildman–Crippen LogP) is 4.05. The number of benzene rings is 2. The van der Waals surface area contributed by atoms with Crippen molar-refractivity contribution in [2.45, 2.75) is 18.9 Å². The van der Waals surface area contributed by atoms with E-state index in [-0.39, 0.29) is 6.04 Å². The molecule has 3 rings (SSSR count). The highest BCUT2D eigenvalue weighted by molar-refractivity contribution is 5.48. The zero-order valence-corrected chi connectivity index (χ0v) is 11.7. The van der Waals surface area contributed by atoms with Crippen LogP contribution < -0.4 is 10.2 Å². The number of halogens is 2. The maximum Gasteiger partial charge on any atom is 0.128 e. The first-order valence-electron chi connectivity index (χ1n) is 7.23. The summed E-state index contributed by atoms with van der Waals surface area (Å²) in [5.41, 5.74) is 1.75. The van der Waals surface area contributed by atoms with Crippen molar-refractivity contribution >= 4 is 11.4 Å². The Kier molecular flexibility index (Phi) is 4.04. The molecule has 0 saturated carbocycles. The summed E-state index contributed by atoms with van der Waals surface area (Å²) >= 11 is 0. The van der Waals surface area contributed by atoms with Crippen LogP contribution in [0, 0.1) is 11.6 Å². The number of hydrogen-bond acceptors (Lipinski definition) is 2. The summed E-state index contributed by atoms with van der Waals surface area (Å²) < 4.78 is 26.4. The molecule has 2 nitrogen and oxygen atoms in total. The Morgan fingerprint density at radius 2 is 1.52 bits per heavy atom. The molecule has 0 amide bonds. The minimum Gasteiger partial charge on any atom is -0.382 e. The number of hydrogen-bond donors (Lipinski definition) is 1. The minimum absolute atomic E-state index is 0.256. The number of rotatable bonds is 3. The molecule has 1 N–H and O–H groups in total. The zero-order chi connectivity index (χ0) is 14.7. The van der Waals surface area contributed by atoms with Gasteiger partial charge in [0.2, 0.25) is 0 Å². The minimum atomic E-state index is -0.542. The third-order valence-corrected chi connectivity index (χ3v) is 3.85. The van der Waals surface area contributed by atoms with Crippen LogP contribution in [0.1, 0.15) is 12.8 Å². The maximum absolute atomic E-state index is 13.2. The van der Waals surface area contributed by atoms with Gasteiger partial charge in [-0.25, -0.2) is 8.78 Å². The Hall–Kier alpha value is -2.10. The molecular weight excluding hydrogens is 270 g/mol. The van der Waals surface area contributed by atoms with Crippen LogP contribution in [-0.4, -0.2) is 19.1 Å². The van der Waals surface area contributed by atoms with Gasteiger partial charge in [0, 0.05) is 36.6 Å². The molecule has 1 aliphatic rings. The van der Waals surface area contributed by atoms with Crippen LogP contribution in [0.4, 0.5) is 20.2 Å². The summed E-state index contributed by atoms with van der Waals surface area (Å²) in [6, 6.07) is 14.1. The molecule has 1 aliphatic heterocycles. The maximum atomic E-state index is 13.2. The molecule has 1 saturated heterocycles. The third-order valence-electron chi connectivity index (χ3n) is 3.85. The number of piperidine rings is 1. The standard InChI is InChI=1S/C17H18F2N2/c18-13-10-14(19)12-16(11-13)20-15-6-8-21(9-7-15)17-4-2-1-3-5-17/h1-5,10-12,15,20H,6-9H2. The highest BCUT2D eigenvalue weighted by atomic mass is 19.1. The molecule has 0 aromatic heterocycles. The lowest BCUT2D eigenvalue weighted by Crippen LogP contribution is -2.39. The van der Waals surface area contributed by atoms with E-state index in [1.807, 2.05) is 18.2 Å². The van der Waals surface area contributed by atoms with Gasteiger partial charge in [-0.3, -0.25) is 0 Å². The Balaban J connectivity index is 1.58. The molecule has 0 unspecified atom stereocenters. The predicted molar refractivity (Wildman–Crippen MR) is 81.7 cm³/mol. The molecule has 1 heterocycles. The lowest BCUT2D eigenvalue weighted by molar-refractivity contribution is 0.525. The van der Waals surface area contributed by atoms with Gasteiger partial charge in [-0.1, -0.05) is 18.2 Å². The molecule has 0 radical (unpaired) electrons. The molecule has 0 bridgehead atoms. The van der Waals surface area contributed by atoms with Crippen LogP contribution in [0.25, 0.3) is 0 Å². The monoisotopic (exact) mass is 288 g/mol. The average molecular weight is 288 g/mol. The van der Waals surface area contributed by atoms with Gasteiger partial charge in [0.05, 0.1) is 0 Å². The molecule has 1 fully saturated rings. The Morgan fingerprint density at radius 1 is 0.905 bits per heavy atom. The van der Waals surface area contributed by atoms with Gasteiger partial charge < -0.3 is 10.2 Å². The quantitative estimate of drug-likeness (QED) is 0.916. The molecule has 0 atom stereocenters. The van der Waals surface area contributed by atoms with Gasteiger partial charge in [-0.2, -0.15) is 0 Å². The molecule has 2 aromatic carbocycles. The van der Waals surface area contributed by atoms with Crippen molar-refractivity contribution in [3.8, 4) is 0 Å². The van der Waals surface area contributed by atoms with E-state index in [4.69, 9.17) is 0 Å². The van der Waals surface area contributed by atoms with Crippen molar-refractivity contribution in [3.05, 3.63) is 60.2 Å². The fraction of sp³-hybridized carbons (Fsp3) is 0.294. The molecule has 4 heteroatoms. The molecule has 21 heavy (non-hydrogen) atoms. The first-order chi connectivity index (χ1) is 10.2. The Labute approximate surface area is 123 Å². The van der Waals surface area contributed by atoms with Crippen molar-refractivity contribution in [2.24, 2.45) is 0 Å². The summed E-state index contributed by atoms with van der Waals surface area (Å²) in [4.78, 5) is 2.34. The van der Waals surface area contributed by atoms with Gasteiger partial charge in [-0.15, -0.1) is 0 Å². The van der Waals surface area contributed by atoms with Crippen molar-refractivity contribution in [1.82, 2.24) is 0 Å². The van der Waals surface area contributed by atoms with Gasteiger partial charge in [0.25, 0.3) is 0 Å². The third kappa shape index (κ3) is 3.51. The first kappa shape index (κ1) is 13.9. The van der Waals surface area contributed by atoms with Gasteiger partial charge in [0.1, 0.15) is 11.6 Å². The highest BCUT2D eigenvalue weighted by Gasteiger charge is 2.19. The fourth-order valence-electron chi connectivity index (χ4n) is 2.79. The summed E-state index contributed by atoms with van der Waals surface area (Å²) in [5.74, 6) is -1.08. The zero-order valence-electron chi connectivity index (χ0n) is 11.7. The van der Waals surface area contributed by atoms with Crippen LogP contribution in [-0.2, 0) is 0 Å². The Bertz CT molecular complexity index is 573. The van der Waals surface area contributed by atoms with E-state index < -0.39 is 11.6 Å². The second-order valence-electron chi connectivity index (χ2n) is 5.40. The van der Waals surface area contributed by atoms with Crippen LogP contribution in [0.15, 0.2) is 48.5 Å². The SMILES string of the molecule is Fc1cc(F)cc(NC2CCN(c3ccccc3)CC2)c1. The van der Waals surface area contributed by atoms with Crippen molar-refractivity contribution in [2.75, 3.05) is 23.3 Å². The molecule has 110 valence electrons. The number of nitrogens with zero attached hydrogens (tertiary/aromatic N) is 1. The van der Waals surface area contributed by atoms with Crippen LogP contribution in [0.3, 0.4) is 0 Å². The van der Waals surface area contributed by atoms with E-state index in [9.17, 15) is 8.78 Å². The van der Waals surface area contributed by atoms with Gasteiger partial charge in [0.15, 0.2) is 0 Å². The Morgan fingerprint density at radius 3 is 2.14 bits per heavy atom. The van der Waals surface area contributed by atoms with E-state index in [0.717, 1.165) is 32.0 Å². The molecule has 0 spiro atoms. The number of nitrogens with one attached hydrogen (secondary N) is 1. The van der Waals surface area contributed by atoms with Crippen LogP contribution >= 0.6 is 0 Å². The van der Waals surface area contributed by atoms with Crippen molar-refractivity contribution in [1.29, 1.82) is 0 Å².